The quantitative estimate of drug-likeness (QED) is 0.0456. The highest BCUT2D eigenvalue weighted by Crippen LogP contribution is 1.91. The van der Waals surface area contributed by atoms with E-state index < -0.39 is 11.9 Å². The fourth-order valence-electron chi connectivity index (χ4n) is 3.90. The minimum absolute atomic E-state index is 0.108. The van der Waals surface area contributed by atoms with E-state index in [1.807, 2.05) is 0 Å². The van der Waals surface area contributed by atoms with Gasteiger partial charge in [-0.25, -0.2) is 0 Å². The van der Waals surface area contributed by atoms with E-state index in [0.717, 1.165) is 0 Å². The maximum Gasteiger partial charge on any atom is 0.313 e. The molecule has 0 heterocycles. The van der Waals surface area contributed by atoms with Gasteiger partial charge in [0.15, 0.2) is 0 Å². The van der Waals surface area contributed by atoms with Crippen molar-refractivity contribution in [1.82, 2.24) is 0 Å². The third-order valence-electron chi connectivity index (χ3n) is 6.60. The van der Waals surface area contributed by atoms with E-state index in [4.69, 9.17) is 75.8 Å². The van der Waals surface area contributed by atoms with Gasteiger partial charge < -0.3 is 75.8 Å². The second-order valence-corrected chi connectivity index (χ2v) is 11.8. The first-order valence-corrected chi connectivity index (χ1v) is 19.8. The van der Waals surface area contributed by atoms with Crippen molar-refractivity contribution >= 4 is 23.5 Å². The summed E-state index contributed by atoms with van der Waals surface area (Å²) in [5.41, 5.74) is 0. The van der Waals surface area contributed by atoms with E-state index in [1.165, 1.54) is 13.8 Å². The number of ether oxygens (including phenoxy) is 16. The Balaban J connectivity index is 3.10. The minimum atomic E-state index is -0.547. The standard InChI is InChI=1S/C38H70O20/c1-35(39)33-37(41)57-31-29-55-27-25-53-23-21-51-19-17-49-15-13-47-11-9-45-7-5-43-3-4-44-6-8-46-10-12-48-14-16-50-18-20-52-22-24-54-26-28-56-30-32-58-38(42)34-36(2)40/h3-34H2,1-2H3. The number of hydrogen-bond acceptors (Lipinski definition) is 20. The SMILES string of the molecule is CC(=O)CC(=O)OCCOCCOCCOCCOCCOCCOCCOCCOCCOCCOCCOCCOCCOCCOCCOC(=O)CC(C)=O. The van der Waals surface area contributed by atoms with Gasteiger partial charge in [-0.05, 0) is 13.8 Å². The first kappa shape index (κ1) is 55.7. The van der Waals surface area contributed by atoms with Crippen molar-refractivity contribution in [2.24, 2.45) is 0 Å². The van der Waals surface area contributed by atoms with E-state index in [2.05, 4.69) is 0 Å². The highest BCUT2D eigenvalue weighted by Gasteiger charge is 2.07. The predicted molar refractivity (Wildman–Crippen MR) is 204 cm³/mol. The van der Waals surface area contributed by atoms with Gasteiger partial charge in [-0.2, -0.15) is 0 Å². The topological polar surface area (TPSA) is 216 Å². The van der Waals surface area contributed by atoms with Gasteiger partial charge in [0, 0.05) is 0 Å². The molecule has 0 fully saturated rings. The van der Waals surface area contributed by atoms with Crippen molar-refractivity contribution in [3.05, 3.63) is 0 Å². The smallest absolute Gasteiger partial charge is 0.313 e. The third kappa shape index (κ3) is 49.9. The van der Waals surface area contributed by atoms with Crippen molar-refractivity contribution in [2.75, 3.05) is 198 Å². The molecule has 0 spiro atoms. The molecule has 0 bridgehead atoms. The van der Waals surface area contributed by atoms with Crippen LogP contribution in [0.1, 0.15) is 26.7 Å². The fourth-order valence-corrected chi connectivity index (χ4v) is 3.90. The Morgan fingerprint density at radius 2 is 0.345 bits per heavy atom. The number of ketones is 2. The third-order valence-corrected chi connectivity index (χ3v) is 6.60. The Morgan fingerprint density at radius 3 is 0.466 bits per heavy atom. The Kier molecular flexibility index (Phi) is 45.5. The molecule has 0 radical (unpaired) electrons. The molecule has 0 amide bonds. The number of rotatable bonds is 49. The zero-order valence-corrected chi connectivity index (χ0v) is 34.8. The summed E-state index contributed by atoms with van der Waals surface area (Å²) in [6.45, 7) is 15.1. The lowest BCUT2D eigenvalue weighted by molar-refractivity contribution is -0.148. The van der Waals surface area contributed by atoms with Gasteiger partial charge in [0.05, 0.1) is 185 Å². The van der Waals surface area contributed by atoms with E-state index in [0.29, 0.717) is 172 Å². The van der Waals surface area contributed by atoms with Crippen molar-refractivity contribution in [3.8, 4) is 0 Å². The molecule has 0 saturated heterocycles. The monoisotopic (exact) mass is 846 g/mol. The van der Waals surface area contributed by atoms with Gasteiger partial charge in [-0.1, -0.05) is 0 Å². The molecule has 0 N–H and O–H groups in total. The van der Waals surface area contributed by atoms with Crippen molar-refractivity contribution in [2.45, 2.75) is 26.7 Å². The number of carbonyl (C=O) groups excluding carboxylic acids is 4. The van der Waals surface area contributed by atoms with Crippen LogP contribution in [-0.4, -0.2) is 222 Å². The average Bonchev–Trinajstić information content (AvgIpc) is 3.18. The minimum Gasteiger partial charge on any atom is -0.463 e. The number of esters is 2. The van der Waals surface area contributed by atoms with E-state index in [1.54, 1.807) is 0 Å². The summed E-state index contributed by atoms with van der Waals surface area (Å²) >= 11 is 0. The summed E-state index contributed by atoms with van der Waals surface area (Å²) < 4.78 is 85.6. The molecule has 0 aliphatic rings. The highest BCUT2D eigenvalue weighted by atomic mass is 16.6. The van der Waals surface area contributed by atoms with Gasteiger partial charge in [0.1, 0.15) is 37.6 Å². The van der Waals surface area contributed by atoms with Crippen LogP contribution in [0.3, 0.4) is 0 Å². The highest BCUT2D eigenvalue weighted by molar-refractivity contribution is 5.94. The lowest BCUT2D eigenvalue weighted by atomic mass is 10.3. The maximum atomic E-state index is 11.2. The second kappa shape index (κ2) is 47.4. The molecule has 20 nitrogen and oxygen atoms in total. The van der Waals surface area contributed by atoms with Crippen LogP contribution in [0, 0.1) is 0 Å². The summed E-state index contributed by atoms with van der Waals surface area (Å²) in [7, 11) is 0. The van der Waals surface area contributed by atoms with E-state index in [-0.39, 0.29) is 50.8 Å². The van der Waals surface area contributed by atoms with Crippen LogP contribution in [-0.2, 0) is 95.0 Å². The molecule has 0 aliphatic heterocycles. The summed E-state index contributed by atoms with van der Waals surface area (Å²) in [5.74, 6) is -1.56. The molecule has 0 aromatic carbocycles. The molecule has 58 heavy (non-hydrogen) atoms. The van der Waals surface area contributed by atoms with Crippen molar-refractivity contribution in [3.63, 3.8) is 0 Å². The van der Waals surface area contributed by atoms with Gasteiger partial charge >= 0.3 is 11.9 Å². The van der Waals surface area contributed by atoms with Crippen LogP contribution in [0.15, 0.2) is 0 Å². The summed E-state index contributed by atoms with van der Waals surface area (Å²) in [6, 6.07) is 0. The normalized spacial score (nSPS) is 11.3. The summed E-state index contributed by atoms with van der Waals surface area (Å²) in [4.78, 5) is 43.9. The van der Waals surface area contributed by atoms with Crippen LogP contribution < -0.4 is 0 Å². The molecule has 0 aliphatic carbocycles. The molecule has 0 aromatic heterocycles. The zero-order chi connectivity index (χ0) is 42.3. The van der Waals surface area contributed by atoms with Crippen molar-refractivity contribution in [1.29, 1.82) is 0 Å². The van der Waals surface area contributed by atoms with Crippen LogP contribution in [0.25, 0.3) is 0 Å². The van der Waals surface area contributed by atoms with Crippen LogP contribution in [0.4, 0.5) is 0 Å². The molecule has 0 unspecified atom stereocenters. The zero-order valence-electron chi connectivity index (χ0n) is 34.8. The Hall–Kier alpha value is -2.28. The Labute approximate surface area is 343 Å². The molecule has 0 rings (SSSR count). The predicted octanol–water partition coefficient (Wildman–Crippen LogP) is 0.263. The van der Waals surface area contributed by atoms with Crippen LogP contribution in [0.2, 0.25) is 0 Å². The van der Waals surface area contributed by atoms with Crippen LogP contribution >= 0.6 is 0 Å². The molecule has 0 aromatic rings. The largest absolute Gasteiger partial charge is 0.463 e. The van der Waals surface area contributed by atoms with Crippen molar-refractivity contribution < 1.29 is 95.0 Å². The second-order valence-electron chi connectivity index (χ2n) is 11.8. The van der Waals surface area contributed by atoms with Gasteiger partial charge in [-0.15, -0.1) is 0 Å². The first-order chi connectivity index (χ1) is 28.4. The summed E-state index contributed by atoms with van der Waals surface area (Å²) in [6.07, 6.45) is -0.435. The first-order valence-electron chi connectivity index (χ1n) is 19.8. The van der Waals surface area contributed by atoms with E-state index in [9.17, 15) is 19.2 Å². The molecule has 20 heteroatoms. The average molecular weight is 847 g/mol. The lowest BCUT2D eigenvalue weighted by Gasteiger charge is -2.09. The van der Waals surface area contributed by atoms with E-state index >= 15 is 0 Å². The molecular weight excluding hydrogens is 776 g/mol. The molecule has 0 atom stereocenters. The number of hydrogen-bond donors (Lipinski definition) is 0. The van der Waals surface area contributed by atoms with Gasteiger partial charge in [0.2, 0.25) is 0 Å². The number of carbonyl (C=O) groups is 4. The van der Waals surface area contributed by atoms with Gasteiger partial charge in [0.25, 0.3) is 0 Å². The van der Waals surface area contributed by atoms with Crippen LogP contribution in [0.5, 0.6) is 0 Å². The lowest BCUT2D eigenvalue weighted by Crippen LogP contribution is -2.16. The Morgan fingerprint density at radius 1 is 0.224 bits per heavy atom. The van der Waals surface area contributed by atoms with Gasteiger partial charge in [-0.3, -0.25) is 19.2 Å². The maximum absolute atomic E-state index is 11.2. The molecule has 0 saturated carbocycles. The molecule has 342 valence electrons. The fraction of sp³-hybridized carbons (Fsp3) is 0.895. The summed E-state index contributed by atoms with van der Waals surface area (Å²) in [5, 5.41) is 0. The number of Topliss-reactive ketones (excluding diaryl/α,β-unsaturated/α-hetero) is 2. The molecular formula is C38H70O20. The Bertz CT molecular complexity index is 854.